The second kappa shape index (κ2) is 8.81. The van der Waals surface area contributed by atoms with E-state index in [0.717, 1.165) is 31.2 Å². The molecular formula is C22H26FNO4S. The average Bonchev–Trinajstić information content (AvgIpc) is 3.26. The number of alkyl halides is 1. The molecule has 4 unspecified atom stereocenters. The van der Waals surface area contributed by atoms with E-state index in [-0.39, 0.29) is 23.8 Å². The largest absolute Gasteiger partial charge is 0.488 e. The summed E-state index contributed by atoms with van der Waals surface area (Å²) >= 11 is 1.72. The van der Waals surface area contributed by atoms with Gasteiger partial charge >= 0.3 is 0 Å². The lowest BCUT2D eigenvalue weighted by molar-refractivity contribution is 0.0441. The first-order chi connectivity index (χ1) is 14.0. The fourth-order valence-corrected chi connectivity index (χ4v) is 5.30. The van der Waals surface area contributed by atoms with Gasteiger partial charge in [0.15, 0.2) is 5.78 Å². The highest BCUT2D eigenvalue weighted by atomic mass is 32.1. The third-order valence-corrected chi connectivity index (χ3v) is 6.91. The number of aryl methyl sites for hydroxylation is 2. The molecule has 0 amide bonds. The Labute approximate surface area is 173 Å². The number of hydrogen-bond donors (Lipinski definition) is 2. The quantitative estimate of drug-likeness (QED) is 0.717. The number of hydrogen-bond acceptors (Lipinski definition) is 6. The summed E-state index contributed by atoms with van der Waals surface area (Å²) in [7, 11) is 0. The van der Waals surface area contributed by atoms with Gasteiger partial charge in [-0.1, -0.05) is 0 Å². The summed E-state index contributed by atoms with van der Waals surface area (Å²) in [6.07, 6.45) is 2.37. The number of carbonyl (C=O) groups excluding carboxylic acids is 1. The van der Waals surface area contributed by atoms with E-state index < -0.39 is 13.0 Å². The van der Waals surface area contributed by atoms with Gasteiger partial charge < -0.3 is 19.9 Å². The zero-order valence-electron chi connectivity index (χ0n) is 16.4. The Morgan fingerprint density at radius 2 is 1.97 bits per heavy atom. The van der Waals surface area contributed by atoms with Crippen molar-refractivity contribution in [2.75, 3.05) is 13.4 Å². The summed E-state index contributed by atoms with van der Waals surface area (Å²) in [6.45, 7) is 1.75. The number of Topliss-reactive ketones (excluding diaryl/α,β-unsaturated/α-hetero) is 1. The number of aliphatic hydroxyl groups excluding tert-OH is 1. The Morgan fingerprint density at radius 1 is 1.21 bits per heavy atom. The van der Waals surface area contributed by atoms with Gasteiger partial charge in [-0.15, -0.1) is 11.3 Å². The van der Waals surface area contributed by atoms with Crippen molar-refractivity contribution in [2.45, 2.75) is 50.9 Å². The molecule has 0 saturated heterocycles. The van der Waals surface area contributed by atoms with Crippen molar-refractivity contribution in [3.8, 4) is 11.5 Å². The first kappa shape index (κ1) is 20.3. The molecule has 4 atom stereocenters. The lowest BCUT2D eigenvalue weighted by Gasteiger charge is -2.25. The van der Waals surface area contributed by atoms with Crippen LogP contribution in [0.25, 0.3) is 0 Å². The lowest BCUT2D eigenvalue weighted by atomic mass is 9.87. The van der Waals surface area contributed by atoms with Gasteiger partial charge in [0.25, 0.3) is 0 Å². The molecule has 156 valence electrons. The number of ether oxygens (including phenoxy) is 2. The number of nitrogens with one attached hydrogen (secondary N) is 1. The molecule has 1 heterocycles. The molecule has 1 aromatic heterocycles. The fraction of sp³-hybridized carbons (Fsp3) is 0.500. The zero-order chi connectivity index (χ0) is 20.4. The molecule has 1 aromatic carbocycles. The van der Waals surface area contributed by atoms with E-state index in [1.54, 1.807) is 35.6 Å². The second-order valence-electron chi connectivity index (χ2n) is 7.76. The smallest absolute Gasteiger partial charge is 0.228 e. The number of thiophene rings is 1. The third-order valence-electron chi connectivity index (χ3n) is 5.80. The molecule has 29 heavy (non-hydrogen) atoms. The molecule has 1 fully saturated rings. The van der Waals surface area contributed by atoms with E-state index in [4.69, 9.17) is 9.47 Å². The summed E-state index contributed by atoms with van der Waals surface area (Å²) in [4.78, 5) is 15.1. The lowest BCUT2D eigenvalue weighted by Crippen LogP contribution is -2.44. The van der Waals surface area contributed by atoms with Crippen LogP contribution in [0.4, 0.5) is 4.39 Å². The van der Waals surface area contributed by atoms with E-state index in [1.165, 1.54) is 9.75 Å². The summed E-state index contributed by atoms with van der Waals surface area (Å²) < 4.78 is 22.9. The minimum atomic E-state index is -0.869. The SMILES string of the molecule is Cc1cc2c(s1)CCC(CNC1CCC(Oc3ccc(OCF)cc3)C1O)C2=O. The minimum absolute atomic E-state index is 0.0354. The van der Waals surface area contributed by atoms with E-state index in [1.807, 2.05) is 13.0 Å². The third kappa shape index (κ3) is 4.47. The molecule has 2 aliphatic rings. The predicted molar refractivity (Wildman–Crippen MR) is 110 cm³/mol. The number of halogens is 1. The van der Waals surface area contributed by atoms with Gasteiger partial charge in [-0.05, 0) is 62.9 Å². The second-order valence-corrected chi connectivity index (χ2v) is 9.10. The first-order valence-electron chi connectivity index (χ1n) is 10.1. The fourth-order valence-electron chi connectivity index (χ4n) is 4.25. The van der Waals surface area contributed by atoms with Gasteiger partial charge in [0.05, 0.1) is 0 Å². The molecular weight excluding hydrogens is 393 g/mol. The maximum Gasteiger partial charge on any atom is 0.228 e. The van der Waals surface area contributed by atoms with Gasteiger partial charge in [0.1, 0.15) is 23.7 Å². The number of aliphatic hydroxyl groups is 1. The van der Waals surface area contributed by atoms with Crippen molar-refractivity contribution in [3.05, 3.63) is 45.6 Å². The Hall–Kier alpha value is -1.96. The van der Waals surface area contributed by atoms with Crippen LogP contribution in [0, 0.1) is 12.8 Å². The zero-order valence-corrected chi connectivity index (χ0v) is 17.2. The van der Waals surface area contributed by atoms with Crippen molar-refractivity contribution in [2.24, 2.45) is 5.92 Å². The van der Waals surface area contributed by atoms with Crippen molar-refractivity contribution in [1.82, 2.24) is 5.32 Å². The number of rotatable bonds is 7. The van der Waals surface area contributed by atoms with Crippen LogP contribution in [0.2, 0.25) is 0 Å². The van der Waals surface area contributed by atoms with Crippen molar-refractivity contribution in [3.63, 3.8) is 0 Å². The summed E-state index contributed by atoms with van der Waals surface area (Å²) in [5.41, 5.74) is 0.888. The molecule has 0 radical (unpaired) electrons. The van der Waals surface area contributed by atoms with Crippen LogP contribution in [0.5, 0.6) is 11.5 Å². The standard InChI is InChI=1S/C22H26FNO4S/c1-13-10-17-20(29-13)9-2-14(21(17)25)11-24-18-7-8-19(22(18)26)28-16-5-3-15(4-6-16)27-12-23/h3-6,10,14,18-19,22,24,26H,2,7-9,11-12H2,1H3. The van der Waals surface area contributed by atoms with Gasteiger partial charge in [-0.3, -0.25) is 4.79 Å². The van der Waals surface area contributed by atoms with Crippen LogP contribution in [-0.4, -0.2) is 42.5 Å². The average molecular weight is 420 g/mol. The predicted octanol–water partition coefficient (Wildman–Crippen LogP) is 3.67. The first-order valence-corrected chi connectivity index (χ1v) is 10.9. The Morgan fingerprint density at radius 3 is 2.72 bits per heavy atom. The van der Waals surface area contributed by atoms with Crippen LogP contribution >= 0.6 is 11.3 Å². The van der Waals surface area contributed by atoms with Crippen molar-refractivity contribution >= 4 is 17.1 Å². The Balaban J connectivity index is 1.29. The van der Waals surface area contributed by atoms with Gasteiger partial charge in [-0.2, -0.15) is 0 Å². The van der Waals surface area contributed by atoms with E-state index in [9.17, 15) is 14.3 Å². The van der Waals surface area contributed by atoms with E-state index in [2.05, 4.69) is 5.32 Å². The highest BCUT2D eigenvalue weighted by Crippen LogP contribution is 2.32. The van der Waals surface area contributed by atoms with Crippen molar-refractivity contribution in [1.29, 1.82) is 0 Å². The molecule has 0 aliphatic heterocycles. The molecule has 5 nitrogen and oxygen atoms in total. The van der Waals surface area contributed by atoms with Gasteiger partial charge in [-0.25, -0.2) is 4.39 Å². The molecule has 0 bridgehead atoms. The molecule has 2 aliphatic carbocycles. The van der Waals surface area contributed by atoms with Crippen LogP contribution in [0.1, 0.15) is 39.4 Å². The Bertz CT molecular complexity index is 853. The highest BCUT2D eigenvalue weighted by Gasteiger charge is 2.37. The molecule has 7 heteroatoms. The summed E-state index contributed by atoms with van der Waals surface area (Å²) in [6, 6.07) is 8.61. The molecule has 2 aromatic rings. The summed E-state index contributed by atoms with van der Waals surface area (Å²) in [5.74, 6) is 1.24. The maximum absolute atomic E-state index is 12.7. The Kier molecular flexibility index (Phi) is 6.18. The van der Waals surface area contributed by atoms with Gasteiger partial charge in [0.2, 0.25) is 6.86 Å². The number of ketones is 1. The molecule has 2 N–H and O–H groups in total. The van der Waals surface area contributed by atoms with Crippen LogP contribution in [0.3, 0.4) is 0 Å². The topological polar surface area (TPSA) is 67.8 Å². The van der Waals surface area contributed by atoms with Crippen LogP contribution in [0.15, 0.2) is 30.3 Å². The number of fused-ring (bicyclic) bond motifs is 1. The van der Waals surface area contributed by atoms with Crippen LogP contribution in [-0.2, 0) is 6.42 Å². The van der Waals surface area contributed by atoms with Crippen LogP contribution < -0.4 is 14.8 Å². The number of benzene rings is 1. The van der Waals surface area contributed by atoms with E-state index >= 15 is 0 Å². The maximum atomic E-state index is 12.7. The highest BCUT2D eigenvalue weighted by molar-refractivity contribution is 7.12. The molecule has 1 saturated carbocycles. The van der Waals surface area contributed by atoms with E-state index in [0.29, 0.717) is 18.0 Å². The monoisotopic (exact) mass is 419 g/mol. The van der Waals surface area contributed by atoms with Crippen molar-refractivity contribution < 1.29 is 23.8 Å². The molecule has 0 spiro atoms. The molecule has 4 rings (SSSR count). The number of carbonyl (C=O) groups is 1. The normalized spacial score (nSPS) is 26.4. The summed E-state index contributed by atoms with van der Waals surface area (Å²) in [5, 5.41) is 14.1. The van der Waals surface area contributed by atoms with Gasteiger partial charge in [0, 0.05) is 33.8 Å². The minimum Gasteiger partial charge on any atom is -0.488 e.